The number of anilines is 2. The van der Waals surface area contributed by atoms with Crippen molar-refractivity contribution < 1.29 is 9.53 Å². The molecule has 0 saturated heterocycles. The molecule has 0 aliphatic rings. The maximum absolute atomic E-state index is 12.7. The normalized spacial score (nSPS) is 10.8. The molecule has 0 atom stereocenters. The third kappa shape index (κ3) is 3.56. The van der Waals surface area contributed by atoms with Gasteiger partial charge in [0.25, 0.3) is 0 Å². The molecule has 5 nitrogen and oxygen atoms in total. The van der Waals surface area contributed by atoms with Gasteiger partial charge in [0.15, 0.2) is 0 Å². The number of rotatable bonds is 5. The Morgan fingerprint density at radius 2 is 1.86 bits per heavy atom. The van der Waals surface area contributed by atoms with Gasteiger partial charge in [-0.2, -0.15) is 4.98 Å². The van der Waals surface area contributed by atoms with Gasteiger partial charge < -0.3 is 10.1 Å². The molecule has 7 heteroatoms. The van der Waals surface area contributed by atoms with Gasteiger partial charge >= 0.3 is 5.97 Å². The first-order valence-corrected chi connectivity index (χ1v) is 9.96. The first kappa shape index (κ1) is 18.4. The number of ether oxygens (including phenoxy) is 1. The Balaban J connectivity index is 1.83. The highest BCUT2D eigenvalue weighted by atomic mass is 35.5. The smallest absolute Gasteiger partial charge is 0.341 e. The fourth-order valence-corrected chi connectivity index (χ4v) is 4.07. The molecule has 2 heterocycles. The summed E-state index contributed by atoms with van der Waals surface area (Å²) >= 11 is 7.51. The average molecular weight is 410 g/mol. The number of para-hydroxylation sites is 1. The summed E-state index contributed by atoms with van der Waals surface area (Å²) in [6, 6.07) is 17.3. The summed E-state index contributed by atoms with van der Waals surface area (Å²) in [5.74, 6) is 0.164. The molecule has 4 aromatic rings. The minimum atomic E-state index is -0.380. The van der Waals surface area contributed by atoms with E-state index in [1.165, 1.54) is 11.3 Å². The topological polar surface area (TPSA) is 64.1 Å². The van der Waals surface area contributed by atoms with Crippen LogP contribution < -0.4 is 5.32 Å². The summed E-state index contributed by atoms with van der Waals surface area (Å²) in [5, 5.41) is 6.81. The number of nitrogens with zero attached hydrogens (tertiary/aromatic N) is 2. The van der Waals surface area contributed by atoms with Crippen LogP contribution in [0.4, 0.5) is 10.8 Å². The lowest BCUT2D eigenvalue weighted by atomic mass is 10.0. The van der Waals surface area contributed by atoms with Crippen molar-refractivity contribution in [2.45, 2.75) is 6.92 Å². The van der Waals surface area contributed by atoms with Crippen molar-refractivity contribution in [3.8, 4) is 11.1 Å². The molecule has 0 fully saturated rings. The second kappa shape index (κ2) is 7.96. The molecule has 0 radical (unpaired) electrons. The van der Waals surface area contributed by atoms with E-state index in [4.69, 9.17) is 16.3 Å². The lowest BCUT2D eigenvalue weighted by Gasteiger charge is -2.11. The van der Waals surface area contributed by atoms with Crippen LogP contribution in [0.1, 0.15) is 17.3 Å². The number of carbonyl (C=O) groups is 1. The molecule has 4 rings (SSSR count). The van der Waals surface area contributed by atoms with Gasteiger partial charge in [0, 0.05) is 16.3 Å². The summed E-state index contributed by atoms with van der Waals surface area (Å²) in [5.41, 5.74) is 2.97. The maximum atomic E-state index is 12.7. The van der Waals surface area contributed by atoms with E-state index in [1.54, 1.807) is 6.92 Å². The minimum Gasteiger partial charge on any atom is -0.462 e. The second-order valence-corrected chi connectivity index (χ2v) is 7.14. The van der Waals surface area contributed by atoms with E-state index in [9.17, 15) is 4.79 Å². The Bertz CT molecular complexity index is 1150. The molecule has 2 aromatic heterocycles. The zero-order valence-corrected chi connectivity index (χ0v) is 16.6. The van der Waals surface area contributed by atoms with Gasteiger partial charge in [-0.1, -0.05) is 42.5 Å². The van der Waals surface area contributed by atoms with Crippen LogP contribution in [0.15, 0.2) is 60.0 Å². The van der Waals surface area contributed by atoms with Gasteiger partial charge in [-0.15, -0.1) is 11.3 Å². The molecule has 1 N–H and O–H groups in total. The Morgan fingerprint density at radius 3 is 2.64 bits per heavy atom. The zero-order chi connectivity index (χ0) is 19.5. The SMILES string of the molecule is CCOC(=O)c1c(-c2ccccc2)csc1Nc1nc(Cl)nc2ccccc12. The summed E-state index contributed by atoms with van der Waals surface area (Å²) in [4.78, 5) is 21.3. The van der Waals surface area contributed by atoms with Crippen LogP contribution in [-0.2, 0) is 4.74 Å². The number of halogens is 1. The van der Waals surface area contributed by atoms with E-state index >= 15 is 0 Å². The van der Waals surface area contributed by atoms with Crippen molar-refractivity contribution in [2.75, 3.05) is 11.9 Å². The highest BCUT2D eigenvalue weighted by Crippen LogP contribution is 2.38. The average Bonchev–Trinajstić information content (AvgIpc) is 3.12. The van der Waals surface area contributed by atoms with Gasteiger partial charge in [-0.25, -0.2) is 9.78 Å². The fourth-order valence-electron chi connectivity index (χ4n) is 2.94. The number of nitrogens with one attached hydrogen (secondary N) is 1. The first-order chi connectivity index (χ1) is 13.7. The third-order valence-corrected chi connectivity index (χ3v) is 5.23. The van der Waals surface area contributed by atoms with Gasteiger partial charge in [-0.3, -0.25) is 0 Å². The monoisotopic (exact) mass is 409 g/mol. The van der Waals surface area contributed by atoms with Gasteiger partial charge in [0.05, 0.1) is 12.1 Å². The Labute approximate surface area is 171 Å². The van der Waals surface area contributed by atoms with Crippen LogP contribution in [0.2, 0.25) is 5.28 Å². The molecule has 28 heavy (non-hydrogen) atoms. The molecule has 0 amide bonds. The van der Waals surface area contributed by atoms with Crippen molar-refractivity contribution in [1.29, 1.82) is 0 Å². The number of benzene rings is 2. The molecule has 0 spiro atoms. The Morgan fingerprint density at radius 1 is 1.11 bits per heavy atom. The summed E-state index contributed by atoms with van der Waals surface area (Å²) in [7, 11) is 0. The van der Waals surface area contributed by atoms with Crippen LogP contribution in [0.25, 0.3) is 22.0 Å². The maximum Gasteiger partial charge on any atom is 0.341 e. The second-order valence-electron chi connectivity index (χ2n) is 5.92. The lowest BCUT2D eigenvalue weighted by molar-refractivity contribution is 0.0529. The predicted molar refractivity (Wildman–Crippen MR) is 114 cm³/mol. The van der Waals surface area contributed by atoms with Crippen LogP contribution in [0.3, 0.4) is 0 Å². The van der Waals surface area contributed by atoms with Crippen molar-refractivity contribution in [2.24, 2.45) is 0 Å². The number of hydrogen-bond donors (Lipinski definition) is 1. The lowest BCUT2D eigenvalue weighted by Crippen LogP contribution is -2.08. The predicted octanol–water partition coefficient (Wildman–Crippen LogP) is 5.93. The number of hydrogen-bond acceptors (Lipinski definition) is 6. The summed E-state index contributed by atoms with van der Waals surface area (Å²) in [6.07, 6.45) is 0. The van der Waals surface area contributed by atoms with E-state index in [0.717, 1.165) is 22.0 Å². The first-order valence-electron chi connectivity index (χ1n) is 8.70. The summed E-state index contributed by atoms with van der Waals surface area (Å²) < 4.78 is 5.31. The molecule has 0 aliphatic carbocycles. The standard InChI is InChI=1S/C21H16ClN3O2S/c1-2-27-20(26)17-15(13-8-4-3-5-9-13)12-28-19(17)24-18-14-10-6-7-11-16(14)23-21(22)25-18/h3-12H,2H2,1H3,(H,23,24,25). The molecular weight excluding hydrogens is 394 g/mol. The molecule has 0 aliphatic heterocycles. The van der Waals surface area contributed by atoms with E-state index in [2.05, 4.69) is 15.3 Å². The van der Waals surface area contributed by atoms with Gasteiger partial charge in [0.2, 0.25) is 5.28 Å². The zero-order valence-electron chi connectivity index (χ0n) is 15.0. The number of aromatic nitrogens is 2. The Kier molecular flexibility index (Phi) is 5.23. The quantitative estimate of drug-likeness (QED) is 0.327. The minimum absolute atomic E-state index is 0.138. The summed E-state index contributed by atoms with van der Waals surface area (Å²) in [6.45, 7) is 2.09. The number of thiophene rings is 1. The van der Waals surface area contributed by atoms with Crippen LogP contribution in [0.5, 0.6) is 0 Å². The van der Waals surface area contributed by atoms with E-state index in [-0.39, 0.29) is 11.3 Å². The highest BCUT2D eigenvalue weighted by Gasteiger charge is 2.22. The van der Waals surface area contributed by atoms with E-state index in [0.29, 0.717) is 23.0 Å². The van der Waals surface area contributed by atoms with Crippen LogP contribution in [-0.4, -0.2) is 22.5 Å². The Hall–Kier alpha value is -2.96. The molecule has 0 bridgehead atoms. The molecule has 0 saturated carbocycles. The highest BCUT2D eigenvalue weighted by molar-refractivity contribution is 7.15. The third-order valence-electron chi connectivity index (χ3n) is 4.16. The van der Waals surface area contributed by atoms with Crippen LogP contribution in [0, 0.1) is 0 Å². The van der Waals surface area contributed by atoms with Crippen molar-refractivity contribution >= 4 is 50.6 Å². The molecule has 0 unspecified atom stereocenters. The number of esters is 1. The van der Waals surface area contributed by atoms with Gasteiger partial charge in [0.1, 0.15) is 16.4 Å². The van der Waals surface area contributed by atoms with E-state index < -0.39 is 0 Å². The molecule has 2 aromatic carbocycles. The fraction of sp³-hybridized carbons (Fsp3) is 0.0952. The van der Waals surface area contributed by atoms with Crippen molar-refractivity contribution in [1.82, 2.24) is 9.97 Å². The van der Waals surface area contributed by atoms with Crippen molar-refractivity contribution in [3.63, 3.8) is 0 Å². The van der Waals surface area contributed by atoms with Gasteiger partial charge in [-0.05, 0) is 36.2 Å². The number of carbonyl (C=O) groups excluding carboxylic acids is 1. The van der Waals surface area contributed by atoms with Crippen molar-refractivity contribution in [3.05, 3.63) is 70.8 Å². The number of fused-ring (bicyclic) bond motifs is 1. The largest absolute Gasteiger partial charge is 0.462 e. The van der Waals surface area contributed by atoms with Crippen LogP contribution >= 0.6 is 22.9 Å². The van der Waals surface area contributed by atoms with E-state index in [1.807, 2.05) is 60.0 Å². The molecular formula is C21H16ClN3O2S. The molecule has 140 valence electrons.